The maximum absolute atomic E-state index is 12.7. The lowest BCUT2D eigenvalue weighted by Crippen LogP contribution is -2.13. The molecule has 0 atom stereocenters. The molecule has 0 aliphatic rings. The van der Waals surface area contributed by atoms with Crippen LogP contribution >= 0.6 is 0 Å². The Morgan fingerprint density at radius 2 is 1.90 bits per heavy atom. The third kappa shape index (κ3) is 4.02. The normalized spacial score (nSPS) is 11.8. The van der Waals surface area contributed by atoms with E-state index in [2.05, 4.69) is 4.74 Å². The molecule has 0 saturated heterocycles. The fourth-order valence-electron chi connectivity index (χ4n) is 1.39. The van der Waals surface area contributed by atoms with Crippen molar-refractivity contribution in [1.29, 1.82) is 0 Å². The Labute approximate surface area is 112 Å². The van der Waals surface area contributed by atoms with Gasteiger partial charge in [0.2, 0.25) is 10.0 Å². The zero-order valence-corrected chi connectivity index (χ0v) is 11.1. The van der Waals surface area contributed by atoms with Gasteiger partial charge >= 0.3 is 6.18 Å². The number of hydrogen-bond acceptors (Lipinski definition) is 5. The van der Waals surface area contributed by atoms with Crippen LogP contribution in [0.2, 0.25) is 0 Å². The molecule has 1 aromatic carbocycles. The van der Waals surface area contributed by atoms with Crippen molar-refractivity contribution in [2.24, 2.45) is 0 Å². The van der Waals surface area contributed by atoms with Crippen molar-refractivity contribution in [3.05, 3.63) is 17.7 Å². The summed E-state index contributed by atoms with van der Waals surface area (Å²) in [5.74, 6) is -0.890. The van der Waals surface area contributed by atoms with Gasteiger partial charge in [-0.15, -0.1) is 0 Å². The molecule has 6 nitrogen and oxygen atoms in total. The number of halogens is 3. The van der Waals surface area contributed by atoms with Crippen LogP contribution in [-0.4, -0.2) is 28.3 Å². The van der Waals surface area contributed by atoms with E-state index in [-0.39, 0.29) is 12.2 Å². The molecular weight excluding hydrogens is 303 g/mol. The van der Waals surface area contributed by atoms with E-state index >= 15 is 0 Å². The topological polar surface area (TPSA) is 81.7 Å². The number of methoxy groups -OCH3 is 1. The first-order chi connectivity index (χ1) is 9.08. The molecule has 0 aromatic heterocycles. The van der Waals surface area contributed by atoms with Crippen LogP contribution in [0.15, 0.2) is 12.1 Å². The largest absolute Gasteiger partial charge is 0.491 e. The highest BCUT2D eigenvalue weighted by atomic mass is 32.2. The van der Waals surface area contributed by atoms with Gasteiger partial charge in [0.1, 0.15) is 0 Å². The van der Waals surface area contributed by atoms with Crippen molar-refractivity contribution in [2.75, 3.05) is 18.1 Å². The number of carbonyl (C=O) groups is 1. The molecule has 0 saturated carbocycles. The first kappa shape index (κ1) is 16.1. The minimum Gasteiger partial charge on any atom is -0.491 e. The minimum absolute atomic E-state index is 0.0950. The lowest BCUT2D eigenvalue weighted by molar-refractivity contribution is -0.138. The van der Waals surface area contributed by atoms with Crippen molar-refractivity contribution in [1.82, 2.24) is 0 Å². The van der Waals surface area contributed by atoms with Gasteiger partial charge in [-0.3, -0.25) is 9.52 Å². The average molecular weight is 313 g/mol. The molecule has 20 heavy (non-hydrogen) atoms. The molecule has 0 unspecified atom stereocenters. The third-order valence-corrected chi connectivity index (χ3v) is 2.65. The van der Waals surface area contributed by atoms with Gasteiger partial charge < -0.3 is 9.47 Å². The molecule has 0 bridgehead atoms. The van der Waals surface area contributed by atoms with Crippen LogP contribution in [0.25, 0.3) is 0 Å². The van der Waals surface area contributed by atoms with Crippen LogP contribution in [0.1, 0.15) is 5.56 Å². The monoisotopic (exact) mass is 313 g/mol. The second kappa shape index (κ2) is 5.57. The summed E-state index contributed by atoms with van der Waals surface area (Å²) >= 11 is 0. The van der Waals surface area contributed by atoms with Gasteiger partial charge in [-0.05, 0) is 12.1 Å². The molecule has 1 rings (SSSR count). The van der Waals surface area contributed by atoms with Gasteiger partial charge in [-0.1, -0.05) is 0 Å². The highest BCUT2D eigenvalue weighted by Gasteiger charge is 2.33. The zero-order valence-electron chi connectivity index (χ0n) is 10.3. The van der Waals surface area contributed by atoms with Crippen LogP contribution in [0.3, 0.4) is 0 Å². The number of alkyl halides is 3. The Balaban J connectivity index is 3.52. The number of carbonyl (C=O) groups excluding carboxylic acids is 1. The number of ether oxygens (including phenoxy) is 2. The Kier molecular flexibility index (Phi) is 4.48. The summed E-state index contributed by atoms with van der Waals surface area (Å²) in [5, 5.41) is 0. The number of nitrogens with one attached hydrogen (secondary N) is 1. The molecule has 0 heterocycles. The Bertz CT molecular complexity index is 612. The van der Waals surface area contributed by atoms with Crippen molar-refractivity contribution in [2.45, 2.75) is 6.18 Å². The van der Waals surface area contributed by atoms with Crippen LogP contribution in [0.5, 0.6) is 11.5 Å². The maximum atomic E-state index is 12.7. The second-order valence-electron chi connectivity index (χ2n) is 3.64. The number of rotatable bonds is 5. The van der Waals surface area contributed by atoms with Gasteiger partial charge in [0.15, 0.2) is 11.5 Å². The van der Waals surface area contributed by atoms with Crippen molar-refractivity contribution in [3.8, 4) is 11.5 Å². The number of anilines is 1. The summed E-state index contributed by atoms with van der Waals surface area (Å²) in [4.78, 5) is 10.3. The van der Waals surface area contributed by atoms with E-state index < -0.39 is 33.2 Å². The quantitative estimate of drug-likeness (QED) is 0.835. The second-order valence-corrected chi connectivity index (χ2v) is 5.39. The summed E-state index contributed by atoms with van der Waals surface area (Å²) in [7, 11) is -2.75. The van der Waals surface area contributed by atoms with Crippen molar-refractivity contribution in [3.63, 3.8) is 0 Å². The van der Waals surface area contributed by atoms with Gasteiger partial charge in [0.05, 0.1) is 24.6 Å². The van der Waals surface area contributed by atoms with E-state index in [1.165, 1.54) is 0 Å². The molecule has 1 aromatic rings. The zero-order chi connectivity index (χ0) is 15.6. The Hall–Kier alpha value is -1.97. The van der Waals surface area contributed by atoms with E-state index in [9.17, 15) is 26.4 Å². The molecule has 0 amide bonds. The smallest absolute Gasteiger partial charge is 0.416 e. The molecule has 10 heteroatoms. The predicted molar refractivity (Wildman–Crippen MR) is 63.2 cm³/mol. The van der Waals surface area contributed by atoms with Gasteiger partial charge in [-0.25, -0.2) is 8.42 Å². The van der Waals surface area contributed by atoms with Gasteiger partial charge in [-0.2, -0.15) is 13.2 Å². The van der Waals surface area contributed by atoms with E-state index in [0.29, 0.717) is 12.1 Å². The SMILES string of the molecule is COc1c(NS(C)(=O)=O)cc(C(F)(F)F)cc1OC=O. The molecule has 0 aliphatic carbocycles. The van der Waals surface area contributed by atoms with Crippen LogP contribution in [-0.2, 0) is 21.0 Å². The third-order valence-electron chi connectivity index (χ3n) is 2.06. The maximum Gasteiger partial charge on any atom is 0.416 e. The minimum atomic E-state index is -4.75. The first-order valence-electron chi connectivity index (χ1n) is 4.96. The lowest BCUT2D eigenvalue weighted by atomic mass is 10.1. The molecule has 1 N–H and O–H groups in total. The molecule has 0 radical (unpaired) electrons. The fourth-order valence-corrected chi connectivity index (χ4v) is 1.94. The summed E-state index contributed by atoms with van der Waals surface area (Å²) in [6.07, 6.45) is -3.99. The average Bonchev–Trinajstić information content (AvgIpc) is 2.25. The van der Waals surface area contributed by atoms with Gasteiger partial charge in [0, 0.05) is 0 Å². The highest BCUT2D eigenvalue weighted by molar-refractivity contribution is 7.92. The Morgan fingerprint density at radius 3 is 2.30 bits per heavy atom. The number of sulfonamides is 1. The summed E-state index contributed by atoms with van der Waals surface area (Å²) in [6, 6.07) is 1.07. The molecule has 0 spiro atoms. The van der Waals surface area contributed by atoms with E-state index in [4.69, 9.17) is 4.74 Å². The van der Waals surface area contributed by atoms with E-state index in [1.807, 2.05) is 4.72 Å². The van der Waals surface area contributed by atoms with E-state index in [0.717, 1.165) is 13.4 Å². The van der Waals surface area contributed by atoms with Crippen molar-refractivity contribution < 1.29 is 35.9 Å². The van der Waals surface area contributed by atoms with Gasteiger partial charge in [0.25, 0.3) is 6.47 Å². The Morgan fingerprint density at radius 1 is 1.30 bits per heavy atom. The van der Waals surface area contributed by atoms with Crippen molar-refractivity contribution >= 4 is 22.2 Å². The van der Waals surface area contributed by atoms with Crippen LogP contribution in [0, 0.1) is 0 Å². The molecule has 112 valence electrons. The lowest BCUT2D eigenvalue weighted by Gasteiger charge is -2.16. The fraction of sp³-hybridized carbons (Fsp3) is 0.300. The standard InChI is InChI=1S/C10H10F3NO5S/c1-18-9-7(14-20(2,16)17)3-6(10(11,12)13)4-8(9)19-5-15/h3-5,14H,1-2H3. The molecular formula is C10H10F3NO5S. The van der Waals surface area contributed by atoms with Crippen LogP contribution in [0.4, 0.5) is 18.9 Å². The number of hydrogen-bond donors (Lipinski definition) is 1. The molecule has 0 fully saturated rings. The summed E-state index contributed by atoms with van der Waals surface area (Å²) < 4.78 is 71.4. The van der Waals surface area contributed by atoms with Crippen LogP contribution < -0.4 is 14.2 Å². The first-order valence-corrected chi connectivity index (χ1v) is 6.85. The summed E-state index contributed by atoms with van der Waals surface area (Å²) in [5.41, 5.74) is -1.68. The predicted octanol–water partition coefficient (Wildman–Crippen LogP) is 1.62. The molecule has 0 aliphatic heterocycles. The summed E-state index contributed by atoms with van der Waals surface area (Å²) in [6.45, 7) is -0.0950. The number of benzene rings is 1. The van der Waals surface area contributed by atoms with E-state index in [1.54, 1.807) is 0 Å². The highest BCUT2D eigenvalue weighted by Crippen LogP contribution is 2.42.